The number of thiophene rings is 1. The van der Waals surface area contributed by atoms with Crippen molar-refractivity contribution in [2.75, 3.05) is 0 Å². The molecule has 0 nitrogen and oxygen atoms in total. The smallest absolute Gasteiger partial charge is 0.167 e. The summed E-state index contributed by atoms with van der Waals surface area (Å²) in [5.74, 6) is -0.931. The highest BCUT2D eigenvalue weighted by atomic mass is 127. The van der Waals surface area contributed by atoms with Gasteiger partial charge in [-0.25, -0.2) is 8.78 Å². The summed E-state index contributed by atoms with van der Waals surface area (Å²) in [5, 5.41) is 0. The van der Waals surface area contributed by atoms with Crippen LogP contribution in [0.4, 0.5) is 8.78 Å². The Morgan fingerprint density at radius 2 is 2.10 bits per heavy atom. The van der Waals surface area contributed by atoms with Crippen LogP contribution >= 0.6 is 33.9 Å². The topological polar surface area (TPSA) is 0 Å². The van der Waals surface area contributed by atoms with Gasteiger partial charge < -0.3 is 0 Å². The fraction of sp³-hybridized carbons (Fsp3) is 0.250. The van der Waals surface area contributed by atoms with Crippen molar-refractivity contribution < 1.29 is 8.78 Å². The van der Waals surface area contributed by atoms with E-state index in [1.807, 2.05) is 0 Å². The summed E-state index contributed by atoms with van der Waals surface area (Å²) in [6.45, 7) is 2.18. The van der Waals surface area contributed by atoms with E-state index in [2.05, 4.69) is 41.7 Å². The number of halogens is 3. The van der Waals surface area contributed by atoms with E-state index in [1.165, 1.54) is 22.1 Å². The molecule has 2 aromatic rings. The Hall–Kier alpha value is -0.750. The summed E-state index contributed by atoms with van der Waals surface area (Å²) < 4.78 is 27.9. The van der Waals surface area contributed by atoms with Crippen LogP contribution in [0, 0.1) is 17.6 Å². The monoisotopic (exact) mass is 400 g/mol. The molecule has 1 aromatic heterocycles. The van der Waals surface area contributed by atoms with Gasteiger partial charge >= 0.3 is 0 Å². The van der Waals surface area contributed by atoms with Crippen molar-refractivity contribution in [1.82, 2.24) is 0 Å². The van der Waals surface area contributed by atoms with E-state index in [4.69, 9.17) is 0 Å². The molecule has 1 aromatic carbocycles. The first-order chi connectivity index (χ1) is 9.58. The van der Waals surface area contributed by atoms with Gasteiger partial charge in [-0.15, -0.1) is 11.3 Å². The second-order valence-corrected chi connectivity index (χ2v) is 7.76. The van der Waals surface area contributed by atoms with Crippen molar-refractivity contribution in [3.05, 3.63) is 51.4 Å². The average Bonchev–Trinajstić information content (AvgIpc) is 2.90. The summed E-state index contributed by atoms with van der Waals surface area (Å²) in [7, 11) is 0. The van der Waals surface area contributed by atoms with Crippen LogP contribution in [0.25, 0.3) is 16.5 Å². The molecule has 102 valence electrons. The molecule has 4 rings (SSSR count). The summed E-state index contributed by atoms with van der Waals surface area (Å²) in [4.78, 5) is 2.24. The molecule has 0 saturated carbocycles. The van der Waals surface area contributed by atoms with Crippen molar-refractivity contribution in [3.63, 3.8) is 0 Å². The Morgan fingerprint density at radius 3 is 2.90 bits per heavy atom. The average molecular weight is 400 g/mol. The second-order valence-electron chi connectivity index (χ2n) is 5.41. The third-order valence-corrected chi connectivity index (χ3v) is 6.59. The molecular weight excluding hydrogens is 389 g/mol. The van der Waals surface area contributed by atoms with Gasteiger partial charge in [-0.1, -0.05) is 47.7 Å². The van der Waals surface area contributed by atoms with Gasteiger partial charge in [0.1, 0.15) is 0 Å². The highest BCUT2D eigenvalue weighted by molar-refractivity contribution is 14.1. The van der Waals surface area contributed by atoms with Crippen molar-refractivity contribution in [2.45, 2.75) is 17.3 Å². The van der Waals surface area contributed by atoms with E-state index < -0.39 is 11.6 Å². The lowest BCUT2D eigenvalue weighted by Gasteiger charge is -2.14. The van der Waals surface area contributed by atoms with E-state index in [9.17, 15) is 8.78 Å². The molecule has 2 unspecified atom stereocenters. The lowest BCUT2D eigenvalue weighted by Crippen LogP contribution is -2.01. The van der Waals surface area contributed by atoms with Crippen LogP contribution in [0.3, 0.4) is 0 Å². The van der Waals surface area contributed by atoms with Crippen LogP contribution in [0.1, 0.15) is 32.4 Å². The zero-order valence-corrected chi connectivity index (χ0v) is 13.7. The Labute approximate surface area is 133 Å². The van der Waals surface area contributed by atoms with Crippen LogP contribution in [-0.2, 0) is 6.42 Å². The molecule has 2 aliphatic carbocycles. The first-order valence-electron chi connectivity index (χ1n) is 6.54. The number of allylic oxidation sites excluding steroid dienone is 1. The Bertz CT molecular complexity index is 760. The molecule has 0 amide bonds. The third kappa shape index (κ3) is 1.61. The molecule has 1 heterocycles. The Balaban J connectivity index is 2.01. The number of hydrogen-bond acceptors (Lipinski definition) is 1. The predicted molar refractivity (Wildman–Crippen MR) is 87.4 cm³/mol. The van der Waals surface area contributed by atoms with Crippen molar-refractivity contribution in [3.8, 4) is 10.4 Å². The number of fused-ring (bicyclic) bond motifs is 5. The highest BCUT2D eigenvalue weighted by Gasteiger charge is 2.36. The van der Waals surface area contributed by atoms with E-state index in [0.717, 1.165) is 16.9 Å². The van der Waals surface area contributed by atoms with Gasteiger partial charge in [-0.05, 0) is 35.1 Å². The minimum atomic E-state index is -0.754. The Morgan fingerprint density at radius 1 is 1.30 bits per heavy atom. The largest absolute Gasteiger partial charge is 0.204 e. The van der Waals surface area contributed by atoms with E-state index in [1.54, 1.807) is 17.4 Å². The minimum absolute atomic E-state index is 0.116. The second kappa shape index (κ2) is 4.37. The predicted octanol–water partition coefficient (Wildman–Crippen LogP) is 5.74. The number of benzene rings is 1. The first-order valence-corrected chi connectivity index (χ1v) is 8.60. The highest BCUT2D eigenvalue weighted by Crippen LogP contribution is 2.56. The maximum Gasteiger partial charge on any atom is 0.167 e. The van der Waals surface area contributed by atoms with Gasteiger partial charge in [0.15, 0.2) is 11.6 Å². The first kappa shape index (κ1) is 13.0. The fourth-order valence-corrected chi connectivity index (χ4v) is 5.97. The molecule has 0 fully saturated rings. The molecule has 0 aliphatic heterocycles. The zero-order valence-electron chi connectivity index (χ0n) is 10.7. The van der Waals surface area contributed by atoms with Gasteiger partial charge in [-0.2, -0.15) is 0 Å². The molecule has 20 heavy (non-hydrogen) atoms. The van der Waals surface area contributed by atoms with Crippen LogP contribution in [0.15, 0.2) is 18.2 Å². The summed E-state index contributed by atoms with van der Waals surface area (Å²) in [6, 6.07) is 2.96. The van der Waals surface area contributed by atoms with E-state index >= 15 is 0 Å². The lowest BCUT2D eigenvalue weighted by atomic mass is 9.94. The van der Waals surface area contributed by atoms with Gasteiger partial charge in [0, 0.05) is 15.3 Å². The van der Waals surface area contributed by atoms with E-state index in [0.29, 0.717) is 11.5 Å². The zero-order chi connectivity index (χ0) is 14.0. The van der Waals surface area contributed by atoms with Crippen LogP contribution in [0.5, 0.6) is 0 Å². The molecule has 0 N–H and O–H groups in total. The maximum absolute atomic E-state index is 14.2. The molecule has 4 heteroatoms. The van der Waals surface area contributed by atoms with Gasteiger partial charge in [-0.3, -0.25) is 0 Å². The van der Waals surface area contributed by atoms with Gasteiger partial charge in [0.05, 0.1) is 3.92 Å². The summed E-state index contributed by atoms with van der Waals surface area (Å²) >= 11 is 3.97. The fourth-order valence-electron chi connectivity index (χ4n) is 3.06. The molecule has 0 radical (unpaired) electrons. The van der Waals surface area contributed by atoms with Crippen molar-refractivity contribution in [2.24, 2.45) is 5.92 Å². The Kier molecular flexibility index (Phi) is 2.83. The van der Waals surface area contributed by atoms with Crippen LogP contribution in [0.2, 0.25) is 0 Å². The normalized spacial score (nSPS) is 22.6. The number of alkyl halides is 1. The van der Waals surface area contributed by atoms with Crippen LogP contribution < -0.4 is 0 Å². The van der Waals surface area contributed by atoms with Crippen molar-refractivity contribution >= 4 is 40.0 Å². The maximum atomic E-state index is 14.2. The lowest BCUT2D eigenvalue weighted by molar-refractivity contribution is 0.511. The van der Waals surface area contributed by atoms with Gasteiger partial charge in [0.25, 0.3) is 0 Å². The number of rotatable bonds is 0. The molecule has 0 spiro atoms. The minimum Gasteiger partial charge on any atom is -0.204 e. The van der Waals surface area contributed by atoms with Crippen LogP contribution in [-0.4, -0.2) is 0 Å². The third-order valence-electron chi connectivity index (χ3n) is 4.04. The molecule has 0 bridgehead atoms. The SMILES string of the molecule is CC1C=Cc2c(sc3c2C(I)c2ccc(F)c(F)c2-3)C1. The van der Waals surface area contributed by atoms with Crippen molar-refractivity contribution in [1.29, 1.82) is 0 Å². The molecule has 2 atom stereocenters. The standard InChI is InChI=1S/C16H11F2IS/c1-7-2-3-8-11(6-7)20-16-12-9(15(19)13(8)16)4-5-10(17)14(12)18/h2-5,7,15H,6H2,1H3. The summed E-state index contributed by atoms with van der Waals surface area (Å²) in [6.07, 6.45) is 5.36. The quantitative estimate of drug-likeness (QED) is 0.391. The molecular formula is C16H11F2IS. The number of hydrogen-bond donors (Lipinski definition) is 0. The molecule has 0 saturated heterocycles. The molecule has 2 aliphatic rings. The van der Waals surface area contributed by atoms with E-state index in [-0.39, 0.29) is 3.92 Å². The summed E-state index contributed by atoms with van der Waals surface area (Å²) in [5.41, 5.74) is 3.80. The van der Waals surface area contributed by atoms with Gasteiger partial charge in [0.2, 0.25) is 0 Å².